The number of ether oxygens (including phenoxy) is 1. The van der Waals surface area contributed by atoms with Gasteiger partial charge in [-0.25, -0.2) is 13.2 Å². The van der Waals surface area contributed by atoms with Crippen molar-refractivity contribution in [1.82, 2.24) is 4.90 Å². The number of rotatable bonds is 7. The molecule has 2 aliphatic rings. The van der Waals surface area contributed by atoms with Gasteiger partial charge in [0.2, 0.25) is 5.91 Å². The van der Waals surface area contributed by atoms with Crippen LogP contribution in [-0.4, -0.2) is 24.0 Å². The maximum atomic E-state index is 14.0. The van der Waals surface area contributed by atoms with Crippen molar-refractivity contribution in [3.8, 4) is 0 Å². The first-order chi connectivity index (χ1) is 13.5. The summed E-state index contributed by atoms with van der Waals surface area (Å²) in [5, 5.41) is 0. The molecule has 0 spiro atoms. The molecule has 2 fully saturated rings. The molecule has 1 aliphatic heterocycles. The van der Waals surface area contributed by atoms with E-state index < -0.39 is 23.8 Å². The van der Waals surface area contributed by atoms with Gasteiger partial charge in [-0.2, -0.15) is 0 Å². The highest BCUT2D eigenvalue weighted by molar-refractivity contribution is 5.78. The van der Waals surface area contributed by atoms with Crippen LogP contribution in [0, 0.1) is 23.4 Å². The maximum Gasteiger partial charge on any atom is 0.223 e. The number of hydrogen-bond acceptors (Lipinski definition) is 2. The van der Waals surface area contributed by atoms with Gasteiger partial charge < -0.3 is 9.64 Å². The number of carbonyl (C=O) groups excluding carboxylic acids is 1. The Kier molecular flexibility index (Phi) is 5.40. The Morgan fingerprint density at radius 2 is 1.71 bits per heavy atom. The minimum absolute atomic E-state index is 0.0167. The van der Waals surface area contributed by atoms with E-state index in [2.05, 4.69) is 0 Å². The molecule has 4 rings (SSSR count). The van der Waals surface area contributed by atoms with E-state index in [1.54, 1.807) is 17.0 Å². The monoisotopic (exact) mass is 389 g/mol. The van der Waals surface area contributed by atoms with Crippen molar-refractivity contribution in [3.05, 3.63) is 71.0 Å². The molecular formula is C22H22F3NO2. The van der Waals surface area contributed by atoms with Gasteiger partial charge in [0.1, 0.15) is 11.9 Å². The summed E-state index contributed by atoms with van der Waals surface area (Å²) in [5.74, 6) is -1.82. The van der Waals surface area contributed by atoms with E-state index in [0.29, 0.717) is 36.6 Å². The zero-order valence-electron chi connectivity index (χ0n) is 15.4. The average molecular weight is 389 g/mol. The molecule has 0 N–H and O–H groups in total. The number of amides is 1. The standard InChI is InChI=1S/C22H22F3NO2/c23-17-8-5-15(6-9-17)21(26-11-1-2-20(26)27)22(28-13-14-3-4-14)16-7-10-18(24)19(25)12-16/h5-10,12,14,21-22H,1-4,11,13H2/t21-,22+/m1/s1. The number of nitrogens with zero attached hydrogens (tertiary/aromatic N) is 1. The number of likely N-dealkylation sites (tertiary alicyclic amines) is 1. The van der Waals surface area contributed by atoms with Crippen LogP contribution in [0.15, 0.2) is 42.5 Å². The van der Waals surface area contributed by atoms with Crippen LogP contribution in [0.3, 0.4) is 0 Å². The first-order valence-electron chi connectivity index (χ1n) is 9.64. The highest BCUT2D eigenvalue weighted by Gasteiger charge is 2.37. The van der Waals surface area contributed by atoms with Gasteiger partial charge in [-0.3, -0.25) is 4.79 Å². The smallest absolute Gasteiger partial charge is 0.223 e. The molecule has 6 heteroatoms. The Hall–Kier alpha value is -2.34. The van der Waals surface area contributed by atoms with Gasteiger partial charge in [-0.05, 0) is 60.6 Å². The summed E-state index contributed by atoms with van der Waals surface area (Å²) in [4.78, 5) is 14.2. The summed E-state index contributed by atoms with van der Waals surface area (Å²) in [7, 11) is 0. The van der Waals surface area contributed by atoms with Gasteiger partial charge in [0, 0.05) is 13.0 Å². The lowest BCUT2D eigenvalue weighted by molar-refractivity contribution is -0.133. The molecular weight excluding hydrogens is 367 g/mol. The number of hydrogen-bond donors (Lipinski definition) is 0. The molecule has 2 aromatic carbocycles. The predicted octanol–water partition coefficient (Wildman–Crippen LogP) is 4.94. The number of carbonyl (C=O) groups is 1. The molecule has 28 heavy (non-hydrogen) atoms. The molecule has 0 unspecified atom stereocenters. The summed E-state index contributed by atoms with van der Waals surface area (Å²) in [6.45, 7) is 1.04. The van der Waals surface area contributed by atoms with E-state index in [0.717, 1.165) is 31.4 Å². The summed E-state index contributed by atoms with van der Waals surface area (Å²) in [5.41, 5.74) is 1.18. The van der Waals surface area contributed by atoms with Crippen molar-refractivity contribution in [2.45, 2.75) is 37.8 Å². The molecule has 1 heterocycles. The molecule has 1 amide bonds. The van der Waals surface area contributed by atoms with Crippen LogP contribution in [0.25, 0.3) is 0 Å². The predicted molar refractivity (Wildman–Crippen MR) is 97.9 cm³/mol. The van der Waals surface area contributed by atoms with E-state index in [1.165, 1.54) is 18.2 Å². The Morgan fingerprint density at radius 1 is 1.00 bits per heavy atom. The zero-order chi connectivity index (χ0) is 19.7. The average Bonchev–Trinajstić information content (AvgIpc) is 3.42. The fourth-order valence-corrected chi connectivity index (χ4v) is 3.72. The van der Waals surface area contributed by atoms with Crippen molar-refractivity contribution in [1.29, 1.82) is 0 Å². The summed E-state index contributed by atoms with van der Waals surface area (Å²) in [6.07, 6.45) is 2.65. The molecule has 3 nitrogen and oxygen atoms in total. The van der Waals surface area contributed by atoms with Crippen molar-refractivity contribution in [2.75, 3.05) is 13.2 Å². The van der Waals surface area contributed by atoms with Gasteiger partial charge >= 0.3 is 0 Å². The third kappa shape index (κ3) is 4.07. The van der Waals surface area contributed by atoms with Crippen LogP contribution >= 0.6 is 0 Å². The normalized spacial score (nSPS) is 19.1. The SMILES string of the molecule is O=C1CCCN1[C@H](c1ccc(F)cc1)[C@@H](OCC1CC1)c1ccc(F)c(F)c1. The fourth-order valence-electron chi connectivity index (χ4n) is 3.72. The molecule has 148 valence electrons. The largest absolute Gasteiger partial charge is 0.371 e. The first kappa shape index (κ1) is 19.0. The molecule has 0 radical (unpaired) electrons. The van der Waals surface area contributed by atoms with Gasteiger partial charge in [-0.15, -0.1) is 0 Å². The van der Waals surface area contributed by atoms with E-state index in [-0.39, 0.29) is 11.7 Å². The second kappa shape index (κ2) is 7.95. The van der Waals surface area contributed by atoms with Gasteiger partial charge in [0.15, 0.2) is 11.6 Å². The lowest BCUT2D eigenvalue weighted by atomic mass is 9.94. The van der Waals surface area contributed by atoms with E-state index >= 15 is 0 Å². The molecule has 0 aromatic heterocycles. The van der Waals surface area contributed by atoms with E-state index in [9.17, 15) is 18.0 Å². The molecule has 1 saturated heterocycles. The minimum atomic E-state index is -0.955. The number of halogens is 3. The molecule has 1 saturated carbocycles. The third-order valence-electron chi connectivity index (χ3n) is 5.42. The van der Waals surface area contributed by atoms with Crippen molar-refractivity contribution >= 4 is 5.91 Å². The zero-order valence-corrected chi connectivity index (χ0v) is 15.4. The summed E-state index contributed by atoms with van der Waals surface area (Å²) < 4.78 is 47.1. The topological polar surface area (TPSA) is 29.5 Å². The van der Waals surface area contributed by atoms with Gasteiger partial charge in [0.05, 0.1) is 12.6 Å². The van der Waals surface area contributed by atoms with Crippen molar-refractivity contribution < 1.29 is 22.7 Å². The second-order valence-corrected chi connectivity index (χ2v) is 7.56. The Balaban J connectivity index is 1.75. The molecule has 0 bridgehead atoms. The van der Waals surface area contributed by atoms with Gasteiger partial charge in [0.25, 0.3) is 0 Å². The lowest BCUT2D eigenvalue weighted by Crippen LogP contribution is -2.35. The van der Waals surface area contributed by atoms with Gasteiger partial charge in [-0.1, -0.05) is 18.2 Å². The fraction of sp³-hybridized carbons (Fsp3) is 0.409. The number of benzene rings is 2. The first-order valence-corrected chi connectivity index (χ1v) is 9.64. The minimum Gasteiger partial charge on any atom is -0.371 e. The van der Waals surface area contributed by atoms with E-state index in [4.69, 9.17) is 4.74 Å². The van der Waals surface area contributed by atoms with Crippen LogP contribution in [0.5, 0.6) is 0 Å². The third-order valence-corrected chi connectivity index (χ3v) is 5.42. The quantitative estimate of drug-likeness (QED) is 0.672. The maximum absolute atomic E-state index is 14.0. The lowest BCUT2D eigenvalue weighted by Gasteiger charge is -2.35. The van der Waals surface area contributed by atoms with E-state index in [1.807, 2.05) is 0 Å². The summed E-state index contributed by atoms with van der Waals surface area (Å²) >= 11 is 0. The Labute approximate surface area is 162 Å². The Morgan fingerprint density at radius 3 is 2.32 bits per heavy atom. The van der Waals surface area contributed by atoms with Crippen LogP contribution in [0.2, 0.25) is 0 Å². The molecule has 1 aliphatic carbocycles. The van der Waals surface area contributed by atoms with Crippen LogP contribution in [0.4, 0.5) is 13.2 Å². The highest BCUT2D eigenvalue weighted by atomic mass is 19.2. The second-order valence-electron chi connectivity index (χ2n) is 7.56. The Bertz CT molecular complexity index is 851. The van der Waals surface area contributed by atoms with Crippen molar-refractivity contribution in [2.24, 2.45) is 5.92 Å². The van der Waals surface area contributed by atoms with Crippen LogP contribution in [-0.2, 0) is 9.53 Å². The molecule has 2 atom stereocenters. The highest BCUT2D eigenvalue weighted by Crippen LogP contribution is 2.41. The van der Waals surface area contributed by atoms with Crippen LogP contribution < -0.4 is 0 Å². The summed E-state index contributed by atoms with van der Waals surface area (Å²) in [6, 6.07) is 9.10. The molecule has 2 aromatic rings. The van der Waals surface area contributed by atoms with Crippen molar-refractivity contribution in [3.63, 3.8) is 0 Å². The van der Waals surface area contributed by atoms with Crippen LogP contribution in [0.1, 0.15) is 49.0 Å².